The van der Waals surface area contributed by atoms with Crippen molar-refractivity contribution in [1.29, 1.82) is 0 Å². The molecule has 0 unspecified atom stereocenters. The van der Waals surface area contributed by atoms with Crippen LogP contribution in [0.4, 0.5) is 10.5 Å². The van der Waals surface area contributed by atoms with Gasteiger partial charge in [-0.2, -0.15) is 0 Å². The van der Waals surface area contributed by atoms with Gasteiger partial charge in [0.1, 0.15) is 0 Å². The van der Waals surface area contributed by atoms with Gasteiger partial charge in [-0.3, -0.25) is 14.7 Å². The average Bonchev–Trinajstić information content (AvgIpc) is 2.89. The molecule has 1 aliphatic carbocycles. The van der Waals surface area contributed by atoms with Crippen molar-refractivity contribution < 1.29 is 22.8 Å². The molecule has 11 heteroatoms. The molecule has 3 rings (SSSR count). The molecule has 204 valence electrons. The first kappa shape index (κ1) is 28.8. The number of sulfonamides is 1. The number of amides is 2. The number of aromatic nitrogens is 1. The SMILES string of the molecule is O=C(NCCCCCCS(=O)(=O)N(CCN1CCOCC1)OCC1CCCCC1)Nc1ccncc1. The second-order valence-electron chi connectivity index (χ2n) is 9.63. The van der Waals surface area contributed by atoms with Gasteiger partial charge in [-0.1, -0.05) is 36.6 Å². The van der Waals surface area contributed by atoms with Gasteiger partial charge >= 0.3 is 6.03 Å². The topological polar surface area (TPSA) is 113 Å². The number of unbranched alkanes of at least 4 members (excludes halogenated alkanes) is 3. The van der Waals surface area contributed by atoms with E-state index in [1.54, 1.807) is 24.5 Å². The molecular formula is C25H43N5O5S. The lowest BCUT2D eigenvalue weighted by Crippen LogP contribution is -2.44. The van der Waals surface area contributed by atoms with E-state index in [1.165, 1.54) is 23.7 Å². The van der Waals surface area contributed by atoms with E-state index in [1.807, 2.05) is 0 Å². The van der Waals surface area contributed by atoms with Crippen molar-refractivity contribution in [2.24, 2.45) is 5.92 Å². The molecule has 0 atom stereocenters. The van der Waals surface area contributed by atoms with E-state index in [-0.39, 0.29) is 11.8 Å². The normalized spacial score (nSPS) is 17.8. The van der Waals surface area contributed by atoms with E-state index in [4.69, 9.17) is 9.57 Å². The van der Waals surface area contributed by atoms with Gasteiger partial charge in [0.2, 0.25) is 10.0 Å². The summed E-state index contributed by atoms with van der Waals surface area (Å²) in [6.45, 7) is 5.06. The first-order valence-electron chi connectivity index (χ1n) is 13.4. The molecule has 2 aliphatic rings. The number of nitrogens with zero attached hydrogens (tertiary/aromatic N) is 3. The molecule has 1 aliphatic heterocycles. The lowest BCUT2D eigenvalue weighted by atomic mass is 9.90. The number of morpholine rings is 1. The minimum Gasteiger partial charge on any atom is -0.379 e. The highest BCUT2D eigenvalue weighted by molar-refractivity contribution is 7.88. The van der Waals surface area contributed by atoms with Crippen LogP contribution in [0.15, 0.2) is 24.5 Å². The summed E-state index contributed by atoms with van der Waals surface area (Å²) < 4.78 is 32.9. The Morgan fingerprint density at radius 1 is 1.08 bits per heavy atom. The average molecular weight is 526 g/mol. The zero-order chi connectivity index (χ0) is 25.5. The van der Waals surface area contributed by atoms with E-state index in [0.717, 1.165) is 45.2 Å². The van der Waals surface area contributed by atoms with Crippen LogP contribution in [0.5, 0.6) is 0 Å². The second kappa shape index (κ2) is 16.1. The van der Waals surface area contributed by atoms with Gasteiger partial charge in [-0.05, 0) is 43.7 Å². The van der Waals surface area contributed by atoms with Crippen molar-refractivity contribution in [3.8, 4) is 0 Å². The van der Waals surface area contributed by atoms with E-state index in [2.05, 4.69) is 20.5 Å². The molecule has 2 fully saturated rings. The van der Waals surface area contributed by atoms with Crippen LogP contribution in [-0.2, 0) is 19.6 Å². The minimum atomic E-state index is -3.50. The van der Waals surface area contributed by atoms with Gasteiger partial charge in [0, 0.05) is 44.3 Å². The molecule has 0 bridgehead atoms. The molecule has 0 radical (unpaired) electrons. The highest BCUT2D eigenvalue weighted by atomic mass is 32.2. The number of ether oxygens (including phenoxy) is 1. The number of anilines is 1. The summed E-state index contributed by atoms with van der Waals surface area (Å²) in [7, 11) is -3.50. The van der Waals surface area contributed by atoms with Crippen molar-refractivity contribution in [2.75, 3.05) is 63.6 Å². The minimum absolute atomic E-state index is 0.0801. The maximum atomic E-state index is 13.1. The molecule has 1 saturated heterocycles. The Balaban J connectivity index is 1.34. The largest absolute Gasteiger partial charge is 0.379 e. The zero-order valence-electron chi connectivity index (χ0n) is 21.4. The fourth-order valence-electron chi connectivity index (χ4n) is 4.55. The summed E-state index contributed by atoms with van der Waals surface area (Å²) >= 11 is 0. The number of carbonyl (C=O) groups is 1. The van der Waals surface area contributed by atoms with Gasteiger partial charge in [-0.15, -0.1) is 0 Å². The van der Waals surface area contributed by atoms with Crippen molar-refractivity contribution in [2.45, 2.75) is 57.8 Å². The maximum absolute atomic E-state index is 13.1. The van der Waals surface area contributed by atoms with Crippen molar-refractivity contribution in [3.05, 3.63) is 24.5 Å². The van der Waals surface area contributed by atoms with Crippen LogP contribution in [0.25, 0.3) is 0 Å². The summed E-state index contributed by atoms with van der Waals surface area (Å²) in [6, 6.07) is 3.20. The molecular weight excluding hydrogens is 482 g/mol. The standard InChI is InChI=1S/C25H43N5O5S/c31-25(28-24-10-13-26-14-11-24)27-12-6-1-2-7-21-36(32,33)30(16-15-29-17-19-34-20-18-29)35-22-23-8-4-3-5-9-23/h10-11,13-14,23H,1-9,12,15-22H2,(H2,26,27,28,31). The smallest absolute Gasteiger partial charge is 0.319 e. The molecule has 1 saturated carbocycles. The summed E-state index contributed by atoms with van der Waals surface area (Å²) in [5, 5.41) is 5.57. The van der Waals surface area contributed by atoms with Crippen molar-refractivity contribution in [1.82, 2.24) is 19.7 Å². The second-order valence-corrected chi connectivity index (χ2v) is 11.6. The van der Waals surface area contributed by atoms with Crippen LogP contribution in [0, 0.1) is 5.92 Å². The van der Waals surface area contributed by atoms with Gasteiger partial charge in [-0.25, -0.2) is 13.2 Å². The monoisotopic (exact) mass is 525 g/mol. The molecule has 1 aromatic heterocycles. The molecule has 36 heavy (non-hydrogen) atoms. The molecule has 2 heterocycles. The van der Waals surface area contributed by atoms with Crippen LogP contribution in [-0.4, -0.2) is 87.1 Å². The number of hydrogen-bond donors (Lipinski definition) is 2. The molecule has 0 aromatic carbocycles. The first-order valence-corrected chi connectivity index (χ1v) is 15.0. The van der Waals surface area contributed by atoms with Crippen LogP contribution >= 0.6 is 0 Å². The predicted molar refractivity (Wildman–Crippen MR) is 140 cm³/mol. The van der Waals surface area contributed by atoms with Gasteiger partial charge in [0.05, 0.1) is 32.1 Å². The molecule has 0 spiro atoms. The van der Waals surface area contributed by atoms with Crippen LogP contribution in [0.1, 0.15) is 57.8 Å². The molecule has 10 nitrogen and oxygen atoms in total. The van der Waals surface area contributed by atoms with Crippen molar-refractivity contribution in [3.63, 3.8) is 0 Å². The van der Waals surface area contributed by atoms with Crippen LogP contribution < -0.4 is 10.6 Å². The predicted octanol–water partition coefficient (Wildman–Crippen LogP) is 3.24. The van der Waals surface area contributed by atoms with E-state index >= 15 is 0 Å². The van der Waals surface area contributed by atoms with Gasteiger partial charge < -0.3 is 15.4 Å². The third kappa shape index (κ3) is 11.1. The number of hydrogen-bond acceptors (Lipinski definition) is 7. The summed E-state index contributed by atoms with van der Waals surface area (Å²) in [5.74, 6) is 0.527. The Morgan fingerprint density at radius 2 is 1.81 bits per heavy atom. The Morgan fingerprint density at radius 3 is 2.56 bits per heavy atom. The third-order valence-corrected chi connectivity index (χ3v) is 8.46. The summed E-state index contributed by atoms with van der Waals surface area (Å²) in [6.07, 6.45) is 12.1. The fraction of sp³-hybridized carbons (Fsp3) is 0.760. The number of carbonyl (C=O) groups excluding carboxylic acids is 1. The van der Waals surface area contributed by atoms with E-state index < -0.39 is 10.0 Å². The number of urea groups is 1. The van der Waals surface area contributed by atoms with Crippen LogP contribution in [0.3, 0.4) is 0 Å². The zero-order valence-corrected chi connectivity index (χ0v) is 22.2. The van der Waals surface area contributed by atoms with E-state index in [9.17, 15) is 13.2 Å². The quantitative estimate of drug-likeness (QED) is 0.267. The highest BCUT2D eigenvalue weighted by Crippen LogP contribution is 2.24. The summed E-state index contributed by atoms with van der Waals surface area (Å²) in [5.41, 5.74) is 0.691. The Hall–Kier alpha value is -1.79. The first-order chi connectivity index (χ1) is 17.5. The van der Waals surface area contributed by atoms with Crippen molar-refractivity contribution >= 4 is 21.7 Å². The molecule has 1 aromatic rings. The lowest BCUT2D eigenvalue weighted by molar-refractivity contribution is -0.107. The fourth-order valence-corrected chi connectivity index (χ4v) is 5.91. The Kier molecular flexibility index (Phi) is 12.9. The number of rotatable bonds is 15. The molecule has 2 amide bonds. The number of nitrogens with one attached hydrogen (secondary N) is 2. The Labute approximate surface area is 216 Å². The highest BCUT2D eigenvalue weighted by Gasteiger charge is 2.26. The lowest BCUT2D eigenvalue weighted by Gasteiger charge is -2.30. The summed E-state index contributed by atoms with van der Waals surface area (Å²) in [4.78, 5) is 24.0. The van der Waals surface area contributed by atoms with E-state index in [0.29, 0.717) is 57.5 Å². The number of hydroxylamine groups is 1. The van der Waals surface area contributed by atoms with Crippen LogP contribution in [0.2, 0.25) is 0 Å². The van der Waals surface area contributed by atoms with Gasteiger partial charge in [0.25, 0.3) is 0 Å². The third-order valence-electron chi connectivity index (χ3n) is 6.74. The maximum Gasteiger partial charge on any atom is 0.319 e. The number of pyridine rings is 1. The van der Waals surface area contributed by atoms with Gasteiger partial charge in [0.15, 0.2) is 0 Å². The Bertz CT molecular complexity index is 824. The molecule has 2 N–H and O–H groups in total.